The fourth-order valence-corrected chi connectivity index (χ4v) is 6.33. The number of halogens is 6. The maximum Gasteiger partial charge on any atom is 0.573 e. The standard InChI is InChI=1S/C37H39F6N5O5S/c1-5-7-26(47(6-2)33(50)23-10-13-27(14-11-23)53-37(41,42)43)18-29(44)24-12-15-30(28(38)17-24)45-34(51)46-35-48(32(49)20-54-35)31-16-22(3)8-9-25(31)19-52-21-36(4,39)40/h8-18,26H,5-7,19-21,44H2,1-4H3,(H,45,51)/b29-18-,46-35-. The van der Waals surface area contributed by atoms with Crippen molar-refractivity contribution in [1.82, 2.24) is 4.90 Å². The van der Waals surface area contributed by atoms with Crippen LogP contribution in [0.3, 0.4) is 0 Å². The molecule has 1 heterocycles. The molecule has 4 amide bonds. The summed E-state index contributed by atoms with van der Waals surface area (Å²) in [7, 11) is 0. The second kappa shape index (κ2) is 17.9. The highest BCUT2D eigenvalue weighted by molar-refractivity contribution is 8.15. The van der Waals surface area contributed by atoms with E-state index in [1.54, 1.807) is 38.1 Å². The van der Waals surface area contributed by atoms with Crippen LogP contribution in [0.4, 0.5) is 42.5 Å². The number of hydrogen-bond donors (Lipinski definition) is 2. The minimum Gasteiger partial charge on any atom is -0.406 e. The van der Waals surface area contributed by atoms with Gasteiger partial charge in [-0.2, -0.15) is 4.99 Å². The van der Waals surface area contributed by atoms with Crippen LogP contribution in [0, 0.1) is 12.7 Å². The predicted octanol–water partition coefficient (Wildman–Crippen LogP) is 8.50. The summed E-state index contributed by atoms with van der Waals surface area (Å²) in [5, 5.41) is 2.36. The van der Waals surface area contributed by atoms with Crippen LogP contribution in [0.15, 0.2) is 71.7 Å². The van der Waals surface area contributed by atoms with Crippen LogP contribution >= 0.6 is 11.8 Å². The maximum absolute atomic E-state index is 15.4. The third-order valence-electron chi connectivity index (χ3n) is 7.89. The molecule has 1 saturated heterocycles. The van der Waals surface area contributed by atoms with Gasteiger partial charge in [-0.05, 0) is 74.4 Å². The van der Waals surface area contributed by atoms with Crippen LogP contribution in [0.1, 0.15) is 60.7 Å². The number of anilines is 2. The maximum atomic E-state index is 15.4. The number of thioether (sulfide) groups is 1. The summed E-state index contributed by atoms with van der Waals surface area (Å²) in [6.45, 7) is 5.28. The first-order chi connectivity index (χ1) is 25.4. The van der Waals surface area contributed by atoms with E-state index in [0.717, 1.165) is 42.4 Å². The number of alkyl halides is 5. The summed E-state index contributed by atoms with van der Waals surface area (Å²) in [4.78, 5) is 46.0. The number of benzene rings is 3. The van der Waals surface area contributed by atoms with Crippen LogP contribution in [0.5, 0.6) is 5.75 Å². The molecule has 1 fully saturated rings. The summed E-state index contributed by atoms with van der Waals surface area (Å²) >= 11 is 0.975. The molecule has 54 heavy (non-hydrogen) atoms. The number of urea groups is 1. The van der Waals surface area contributed by atoms with Gasteiger partial charge in [-0.25, -0.2) is 18.0 Å². The van der Waals surface area contributed by atoms with Gasteiger partial charge in [0, 0.05) is 35.9 Å². The number of carbonyl (C=O) groups is 3. The SMILES string of the molecule is CCCC(/C=C(\N)c1ccc(NC(=O)/N=C2\SCC(=O)N2c2cc(C)ccc2COCC(C)(F)F)c(F)c1)N(CC)C(=O)c1ccc(OC(F)(F)F)cc1. The van der Waals surface area contributed by atoms with Gasteiger partial charge < -0.3 is 25.4 Å². The van der Waals surface area contributed by atoms with E-state index in [4.69, 9.17) is 10.5 Å². The van der Waals surface area contributed by atoms with Gasteiger partial charge >= 0.3 is 12.4 Å². The predicted molar refractivity (Wildman–Crippen MR) is 195 cm³/mol. The zero-order valence-electron chi connectivity index (χ0n) is 29.8. The molecule has 0 aliphatic carbocycles. The van der Waals surface area contributed by atoms with E-state index in [-0.39, 0.29) is 46.6 Å². The summed E-state index contributed by atoms with van der Waals surface area (Å²) in [6, 6.07) is 11.8. The average Bonchev–Trinajstić information content (AvgIpc) is 3.44. The molecule has 0 spiro atoms. The van der Waals surface area contributed by atoms with Crippen molar-refractivity contribution in [2.45, 2.75) is 65.5 Å². The van der Waals surface area contributed by atoms with E-state index in [9.17, 15) is 36.3 Å². The van der Waals surface area contributed by atoms with Gasteiger partial charge in [-0.3, -0.25) is 14.5 Å². The van der Waals surface area contributed by atoms with E-state index < -0.39 is 54.3 Å². The Labute approximate surface area is 312 Å². The lowest BCUT2D eigenvalue weighted by atomic mass is 10.0. The third kappa shape index (κ3) is 11.5. The van der Waals surface area contributed by atoms with Crippen LogP contribution in [-0.4, -0.2) is 65.1 Å². The van der Waals surface area contributed by atoms with Gasteiger partial charge in [-0.1, -0.05) is 43.3 Å². The quantitative estimate of drug-likeness (QED) is 0.157. The third-order valence-corrected chi connectivity index (χ3v) is 8.82. The zero-order chi connectivity index (χ0) is 39.8. The highest BCUT2D eigenvalue weighted by Gasteiger charge is 2.33. The van der Waals surface area contributed by atoms with Crippen molar-refractivity contribution >= 4 is 51.8 Å². The van der Waals surface area contributed by atoms with Crippen molar-refractivity contribution in [3.8, 4) is 5.75 Å². The van der Waals surface area contributed by atoms with Crippen LogP contribution < -0.4 is 20.7 Å². The van der Waals surface area contributed by atoms with Crippen LogP contribution in [-0.2, 0) is 16.1 Å². The Hall–Kier alpha value is -5.03. The first-order valence-corrected chi connectivity index (χ1v) is 17.7. The molecule has 1 aliphatic rings. The molecule has 1 unspecified atom stereocenters. The number of ether oxygens (including phenoxy) is 2. The van der Waals surface area contributed by atoms with Crippen molar-refractivity contribution in [2.75, 3.05) is 29.1 Å². The number of amidine groups is 1. The Morgan fingerprint density at radius 2 is 1.74 bits per heavy atom. The molecule has 0 radical (unpaired) electrons. The molecule has 10 nitrogen and oxygen atoms in total. The van der Waals surface area contributed by atoms with Gasteiger partial charge in [0.25, 0.3) is 11.8 Å². The molecule has 0 aromatic heterocycles. The Balaban J connectivity index is 1.50. The van der Waals surface area contributed by atoms with E-state index >= 15 is 4.39 Å². The molecule has 17 heteroatoms. The molecule has 1 aliphatic heterocycles. The molecule has 0 bridgehead atoms. The van der Waals surface area contributed by atoms with Gasteiger partial charge in [-0.15, -0.1) is 13.2 Å². The van der Waals surface area contributed by atoms with Crippen molar-refractivity contribution in [3.63, 3.8) is 0 Å². The molecule has 3 aromatic carbocycles. The van der Waals surface area contributed by atoms with Crippen molar-refractivity contribution in [3.05, 3.63) is 94.8 Å². The van der Waals surface area contributed by atoms with Crippen molar-refractivity contribution in [2.24, 2.45) is 10.7 Å². The minimum atomic E-state index is -4.88. The lowest BCUT2D eigenvalue weighted by Crippen LogP contribution is -2.39. The molecule has 3 N–H and O–H groups in total. The summed E-state index contributed by atoms with van der Waals surface area (Å²) in [6.07, 6.45) is -2.18. The van der Waals surface area contributed by atoms with Crippen molar-refractivity contribution in [1.29, 1.82) is 0 Å². The molecule has 1 atom stereocenters. The summed E-state index contributed by atoms with van der Waals surface area (Å²) in [5.41, 5.74) is 8.11. The first kappa shape index (κ1) is 41.7. The van der Waals surface area contributed by atoms with E-state index in [1.165, 1.54) is 34.1 Å². The zero-order valence-corrected chi connectivity index (χ0v) is 30.6. The number of rotatable bonds is 14. The second-order valence-electron chi connectivity index (χ2n) is 12.4. The minimum absolute atomic E-state index is 0.00282. The fourth-order valence-electron chi connectivity index (χ4n) is 5.47. The summed E-state index contributed by atoms with van der Waals surface area (Å²) in [5.74, 6) is -5.30. The van der Waals surface area contributed by atoms with Gasteiger partial charge in [0.15, 0.2) is 5.17 Å². The number of aryl methyl sites for hydroxylation is 1. The number of nitrogens with two attached hydrogens (primary N) is 1. The van der Waals surface area contributed by atoms with Crippen LogP contribution in [0.2, 0.25) is 0 Å². The highest BCUT2D eigenvalue weighted by atomic mass is 32.2. The number of hydrogen-bond acceptors (Lipinski definition) is 7. The molecule has 3 aromatic rings. The lowest BCUT2D eigenvalue weighted by molar-refractivity contribution is -0.274. The second-order valence-corrected chi connectivity index (χ2v) is 13.3. The number of likely N-dealkylation sites (N-methyl/N-ethyl adjacent to an activating group) is 1. The Morgan fingerprint density at radius 1 is 1.06 bits per heavy atom. The molecular formula is C37H39F6N5O5S. The van der Waals surface area contributed by atoms with E-state index in [0.29, 0.717) is 24.1 Å². The number of nitrogens with one attached hydrogen (secondary N) is 1. The Bertz CT molecular complexity index is 1900. The summed E-state index contributed by atoms with van der Waals surface area (Å²) < 4.78 is 88.8. The molecular weight excluding hydrogens is 740 g/mol. The number of amides is 4. The number of nitrogens with zero attached hydrogens (tertiary/aromatic N) is 3. The van der Waals surface area contributed by atoms with Gasteiger partial charge in [0.2, 0.25) is 5.91 Å². The average molecular weight is 780 g/mol. The van der Waals surface area contributed by atoms with Crippen LogP contribution in [0.25, 0.3) is 5.70 Å². The van der Waals surface area contributed by atoms with Gasteiger partial charge in [0.1, 0.15) is 18.2 Å². The molecule has 4 rings (SSSR count). The lowest BCUT2D eigenvalue weighted by Gasteiger charge is -2.29. The monoisotopic (exact) mass is 779 g/mol. The van der Waals surface area contributed by atoms with Gasteiger partial charge in [0.05, 0.1) is 29.8 Å². The van der Waals surface area contributed by atoms with E-state index in [2.05, 4.69) is 15.0 Å². The smallest absolute Gasteiger partial charge is 0.406 e. The van der Waals surface area contributed by atoms with E-state index in [1.807, 2.05) is 6.92 Å². The number of aliphatic imine (C=N–C) groups is 1. The Morgan fingerprint density at radius 3 is 2.35 bits per heavy atom. The normalized spacial score (nSPS) is 15.1. The molecule has 0 saturated carbocycles. The Kier molecular flexibility index (Phi) is 13.8. The largest absolute Gasteiger partial charge is 0.573 e. The molecule has 290 valence electrons. The fraction of sp³-hybridized carbons (Fsp3) is 0.351. The van der Waals surface area contributed by atoms with Crippen molar-refractivity contribution < 1.29 is 50.2 Å². The first-order valence-electron chi connectivity index (χ1n) is 16.7. The highest BCUT2D eigenvalue weighted by Crippen LogP contribution is 2.32. The topological polar surface area (TPSA) is 127 Å². The number of carbonyl (C=O) groups excluding carboxylic acids is 3.